The Kier molecular flexibility index (Phi) is 5.30. The highest BCUT2D eigenvalue weighted by Crippen LogP contribution is 2.27. The van der Waals surface area contributed by atoms with E-state index in [1.807, 2.05) is 18.2 Å². The number of rotatable bonds is 6. The van der Waals surface area contributed by atoms with Crippen LogP contribution in [0.4, 0.5) is 0 Å². The van der Waals surface area contributed by atoms with Crippen LogP contribution in [-0.2, 0) is 22.9 Å². The van der Waals surface area contributed by atoms with E-state index >= 15 is 0 Å². The van der Waals surface area contributed by atoms with Crippen LogP contribution in [0, 0.1) is 0 Å². The predicted molar refractivity (Wildman–Crippen MR) is 91.2 cm³/mol. The molecule has 2 heterocycles. The fraction of sp³-hybridized carbons (Fsp3) is 0.529. The van der Waals surface area contributed by atoms with Gasteiger partial charge in [0.15, 0.2) is 5.82 Å². The highest BCUT2D eigenvalue weighted by molar-refractivity contribution is 7.88. The van der Waals surface area contributed by atoms with Crippen molar-refractivity contribution >= 4 is 10.0 Å². The Bertz CT molecular complexity index is 758. The van der Waals surface area contributed by atoms with Crippen molar-refractivity contribution in [3.8, 4) is 0 Å². The predicted octanol–water partition coefficient (Wildman–Crippen LogP) is 2.38. The molecule has 0 amide bonds. The van der Waals surface area contributed by atoms with Gasteiger partial charge in [0.2, 0.25) is 15.9 Å². The fourth-order valence-electron chi connectivity index (χ4n) is 3.08. The number of aryl methyl sites for hydroxylation is 2. The molecule has 0 unspecified atom stereocenters. The van der Waals surface area contributed by atoms with Crippen LogP contribution in [0.2, 0.25) is 0 Å². The third-order valence-electron chi connectivity index (χ3n) is 4.39. The van der Waals surface area contributed by atoms with Crippen LogP contribution in [0.25, 0.3) is 0 Å². The summed E-state index contributed by atoms with van der Waals surface area (Å²) in [6.07, 6.45) is 5.67. The molecule has 0 N–H and O–H groups in total. The van der Waals surface area contributed by atoms with Gasteiger partial charge < -0.3 is 4.52 Å². The molecular weight excluding hydrogens is 326 g/mol. The van der Waals surface area contributed by atoms with Crippen LogP contribution >= 0.6 is 0 Å². The molecule has 3 rings (SSSR count). The molecule has 0 aliphatic carbocycles. The molecule has 0 bridgehead atoms. The zero-order valence-electron chi connectivity index (χ0n) is 13.9. The topological polar surface area (TPSA) is 76.3 Å². The fourth-order valence-corrected chi connectivity index (χ4v) is 3.99. The second-order valence-corrected chi connectivity index (χ2v) is 8.33. The van der Waals surface area contributed by atoms with Gasteiger partial charge in [0.1, 0.15) is 0 Å². The first kappa shape index (κ1) is 17.1. The highest BCUT2D eigenvalue weighted by Gasteiger charge is 2.30. The molecule has 7 heteroatoms. The van der Waals surface area contributed by atoms with Crippen molar-refractivity contribution < 1.29 is 12.9 Å². The number of nitrogens with zero attached hydrogens (tertiary/aromatic N) is 3. The smallest absolute Gasteiger partial charge is 0.231 e. The Hall–Kier alpha value is -1.73. The molecule has 1 aliphatic heterocycles. The van der Waals surface area contributed by atoms with E-state index in [-0.39, 0.29) is 5.92 Å². The van der Waals surface area contributed by atoms with Crippen LogP contribution in [-0.4, -0.2) is 42.2 Å². The SMILES string of the molecule is CS(=O)(=O)N1CCC[C@@H](c2nc(CCCc3ccccc3)no2)C1. The Balaban J connectivity index is 1.55. The first-order chi connectivity index (χ1) is 11.5. The van der Waals surface area contributed by atoms with E-state index in [2.05, 4.69) is 22.3 Å². The largest absolute Gasteiger partial charge is 0.339 e. The molecule has 1 aromatic heterocycles. The maximum absolute atomic E-state index is 11.7. The third kappa shape index (κ3) is 4.42. The Morgan fingerprint density at radius 1 is 1.25 bits per heavy atom. The van der Waals surface area contributed by atoms with E-state index in [4.69, 9.17) is 4.52 Å². The lowest BCUT2D eigenvalue weighted by atomic mass is 10.00. The Labute approximate surface area is 142 Å². The summed E-state index contributed by atoms with van der Waals surface area (Å²) >= 11 is 0. The lowest BCUT2D eigenvalue weighted by Gasteiger charge is -2.28. The van der Waals surface area contributed by atoms with Crippen molar-refractivity contribution in [1.82, 2.24) is 14.4 Å². The summed E-state index contributed by atoms with van der Waals surface area (Å²) in [6.45, 7) is 1.01. The summed E-state index contributed by atoms with van der Waals surface area (Å²) in [4.78, 5) is 4.48. The Morgan fingerprint density at radius 2 is 2.04 bits per heavy atom. The molecule has 1 aromatic carbocycles. The number of benzene rings is 1. The molecule has 1 atom stereocenters. The standard InChI is InChI=1S/C17H23N3O3S/c1-24(21,22)20-12-6-10-15(13-20)17-18-16(19-23-17)11-5-9-14-7-3-2-4-8-14/h2-4,7-8,15H,5-6,9-13H2,1H3/t15-/m1/s1. The first-order valence-corrected chi connectivity index (χ1v) is 10.2. The van der Waals surface area contributed by atoms with E-state index in [9.17, 15) is 8.42 Å². The monoisotopic (exact) mass is 349 g/mol. The van der Waals surface area contributed by atoms with Crippen LogP contribution < -0.4 is 0 Å². The van der Waals surface area contributed by atoms with Gasteiger partial charge in [0.05, 0.1) is 12.2 Å². The van der Waals surface area contributed by atoms with Crippen molar-refractivity contribution in [3.63, 3.8) is 0 Å². The molecule has 130 valence electrons. The summed E-state index contributed by atoms with van der Waals surface area (Å²) in [7, 11) is -3.16. The van der Waals surface area contributed by atoms with E-state index < -0.39 is 10.0 Å². The zero-order valence-corrected chi connectivity index (χ0v) is 14.7. The molecule has 0 spiro atoms. The molecule has 1 saturated heterocycles. The lowest BCUT2D eigenvalue weighted by molar-refractivity contribution is 0.266. The van der Waals surface area contributed by atoms with Crippen molar-refractivity contribution in [2.75, 3.05) is 19.3 Å². The quantitative estimate of drug-likeness (QED) is 0.800. The van der Waals surface area contributed by atoms with Gasteiger partial charge in [-0.15, -0.1) is 0 Å². The lowest BCUT2D eigenvalue weighted by Crippen LogP contribution is -2.38. The van der Waals surface area contributed by atoms with Gasteiger partial charge in [0.25, 0.3) is 0 Å². The van der Waals surface area contributed by atoms with E-state index in [0.29, 0.717) is 24.8 Å². The van der Waals surface area contributed by atoms with Crippen molar-refractivity contribution in [2.24, 2.45) is 0 Å². The average molecular weight is 349 g/mol. The van der Waals surface area contributed by atoms with Crippen molar-refractivity contribution in [1.29, 1.82) is 0 Å². The number of hydrogen-bond acceptors (Lipinski definition) is 5. The minimum Gasteiger partial charge on any atom is -0.339 e. The van der Waals surface area contributed by atoms with Crippen LogP contribution in [0.1, 0.15) is 42.5 Å². The molecule has 1 fully saturated rings. The summed E-state index contributed by atoms with van der Waals surface area (Å²) in [5, 5.41) is 4.06. The minimum absolute atomic E-state index is 0.00356. The molecular formula is C17H23N3O3S. The van der Waals surface area contributed by atoms with Crippen molar-refractivity contribution in [2.45, 2.75) is 38.0 Å². The molecule has 2 aromatic rings. The van der Waals surface area contributed by atoms with E-state index in [0.717, 1.165) is 32.1 Å². The summed E-state index contributed by atoms with van der Waals surface area (Å²) in [5.41, 5.74) is 1.30. The number of aromatic nitrogens is 2. The van der Waals surface area contributed by atoms with Gasteiger partial charge in [-0.25, -0.2) is 12.7 Å². The molecule has 6 nitrogen and oxygen atoms in total. The first-order valence-electron chi connectivity index (χ1n) is 8.34. The number of piperidine rings is 1. The van der Waals surface area contributed by atoms with Gasteiger partial charge in [-0.05, 0) is 31.2 Å². The number of sulfonamides is 1. The molecule has 24 heavy (non-hydrogen) atoms. The minimum atomic E-state index is -3.16. The highest BCUT2D eigenvalue weighted by atomic mass is 32.2. The van der Waals surface area contributed by atoms with Gasteiger partial charge in [-0.2, -0.15) is 4.98 Å². The van der Waals surface area contributed by atoms with Gasteiger partial charge in [-0.1, -0.05) is 35.5 Å². The summed E-state index contributed by atoms with van der Waals surface area (Å²) < 4.78 is 30.3. The molecule has 0 saturated carbocycles. The maximum atomic E-state index is 11.7. The number of hydrogen-bond donors (Lipinski definition) is 0. The zero-order chi connectivity index (χ0) is 17.0. The van der Waals surface area contributed by atoms with Crippen LogP contribution in [0.15, 0.2) is 34.9 Å². The normalized spacial score (nSPS) is 19.5. The second kappa shape index (κ2) is 7.44. The van der Waals surface area contributed by atoms with Gasteiger partial charge >= 0.3 is 0 Å². The Morgan fingerprint density at radius 3 is 2.79 bits per heavy atom. The van der Waals surface area contributed by atoms with Crippen LogP contribution in [0.5, 0.6) is 0 Å². The third-order valence-corrected chi connectivity index (χ3v) is 5.66. The van der Waals surface area contributed by atoms with E-state index in [1.54, 1.807) is 0 Å². The van der Waals surface area contributed by atoms with Gasteiger partial charge in [-0.3, -0.25) is 0 Å². The molecule has 1 aliphatic rings. The maximum Gasteiger partial charge on any atom is 0.231 e. The van der Waals surface area contributed by atoms with E-state index in [1.165, 1.54) is 16.1 Å². The average Bonchev–Trinajstić information content (AvgIpc) is 3.04. The van der Waals surface area contributed by atoms with Gasteiger partial charge in [0, 0.05) is 19.5 Å². The van der Waals surface area contributed by atoms with Crippen molar-refractivity contribution in [3.05, 3.63) is 47.6 Å². The van der Waals surface area contributed by atoms with Crippen LogP contribution in [0.3, 0.4) is 0 Å². The summed E-state index contributed by atoms with van der Waals surface area (Å²) in [6, 6.07) is 10.3. The summed E-state index contributed by atoms with van der Waals surface area (Å²) in [5.74, 6) is 1.28. The molecule has 0 radical (unpaired) electrons. The second-order valence-electron chi connectivity index (χ2n) is 6.35.